The van der Waals surface area contributed by atoms with Crippen LogP contribution in [-0.2, 0) is 0 Å². The fraction of sp³-hybridized carbons (Fsp3) is 0.263. The largest absolute Gasteiger partial charge is 0.494 e. The molecule has 27 heavy (non-hydrogen) atoms. The van der Waals surface area contributed by atoms with E-state index in [4.69, 9.17) is 9.26 Å². The molecule has 138 valence electrons. The Labute approximate surface area is 156 Å². The summed E-state index contributed by atoms with van der Waals surface area (Å²) < 4.78 is 10.7. The van der Waals surface area contributed by atoms with E-state index in [0.29, 0.717) is 31.4 Å². The third kappa shape index (κ3) is 3.74. The minimum absolute atomic E-state index is 0.0500. The Morgan fingerprint density at radius 3 is 2.81 bits per heavy atom. The van der Waals surface area contributed by atoms with E-state index in [2.05, 4.69) is 20.4 Å². The van der Waals surface area contributed by atoms with Gasteiger partial charge in [0, 0.05) is 36.7 Å². The van der Waals surface area contributed by atoms with Gasteiger partial charge in [-0.2, -0.15) is 4.98 Å². The summed E-state index contributed by atoms with van der Waals surface area (Å²) in [5, 5.41) is 6.87. The van der Waals surface area contributed by atoms with Crippen molar-refractivity contribution >= 4 is 11.7 Å². The molecular formula is C19H19N5O3. The number of carbonyl (C=O) groups is 1. The number of hydrogen-bond donors (Lipinski definition) is 1. The fourth-order valence-electron chi connectivity index (χ4n) is 2.82. The number of urea groups is 1. The molecule has 2 amide bonds. The van der Waals surface area contributed by atoms with E-state index in [0.717, 1.165) is 17.0 Å². The zero-order valence-corrected chi connectivity index (χ0v) is 14.8. The van der Waals surface area contributed by atoms with Gasteiger partial charge < -0.3 is 19.5 Å². The molecule has 1 fully saturated rings. The first kappa shape index (κ1) is 17.0. The number of likely N-dealkylation sites (tertiary alicyclic amines) is 1. The number of amides is 2. The molecule has 8 nitrogen and oxygen atoms in total. The van der Waals surface area contributed by atoms with Crippen molar-refractivity contribution in [1.29, 1.82) is 0 Å². The maximum Gasteiger partial charge on any atom is 0.321 e. The molecule has 4 rings (SSSR count). The summed E-state index contributed by atoms with van der Waals surface area (Å²) in [7, 11) is 0. The lowest BCUT2D eigenvalue weighted by molar-refractivity contribution is 0.147. The highest BCUT2D eigenvalue weighted by molar-refractivity contribution is 5.90. The van der Waals surface area contributed by atoms with Gasteiger partial charge in [0.1, 0.15) is 5.75 Å². The van der Waals surface area contributed by atoms with Crippen LogP contribution in [0.5, 0.6) is 5.75 Å². The normalized spacial score (nSPS) is 13.9. The average molecular weight is 365 g/mol. The summed E-state index contributed by atoms with van der Waals surface area (Å²) in [4.78, 5) is 22.5. The Hall–Kier alpha value is -3.42. The third-order valence-corrected chi connectivity index (χ3v) is 4.30. The molecule has 1 aromatic carbocycles. The fourth-order valence-corrected chi connectivity index (χ4v) is 2.82. The molecule has 0 saturated carbocycles. The van der Waals surface area contributed by atoms with Crippen molar-refractivity contribution < 1.29 is 14.1 Å². The van der Waals surface area contributed by atoms with Crippen molar-refractivity contribution in [1.82, 2.24) is 20.0 Å². The summed E-state index contributed by atoms with van der Waals surface area (Å²) >= 11 is 0. The van der Waals surface area contributed by atoms with Crippen LogP contribution in [0.25, 0.3) is 11.4 Å². The second-order valence-corrected chi connectivity index (χ2v) is 6.19. The molecule has 1 aliphatic heterocycles. The maximum absolute atomic E-state index is 12.3. The minimum atomic E-state index is -0.151. The van der Waals surface area contributed by atoms with Crippen molar-refractivity contribution in [2.75, 3.05) is 25.0 Å². The number of pyridine rings is 1. The Balaban J connectivity index is 1.31. The number of aromatic nitrogens is 3. The molecule has 2 aromatic heterocycles. The number of benzene rings is 1. The number of nitrogens with one attached hydrogen (secondary N) is 1. The Kier molecular flexibility index (Phi) is 4.69. The van der Waals surface area contributed by atoms with Crippen LogP contribution in [0.4, 0.5) is 10.5 Å². The minimum Gasteiger partial charge on any atom is -0.494 e. The van der Waals surface area contributed by atoms with E-state index in [-0.39, 0.29) is 11.9 Å². The molecule has 0 atom stereocenters. The zero-order valence-electron chi connectivity index (χ0n) is 14.8. The smallest absolute Gasteiger partial charge is 0.321 e. The zero-order chi connectivity index (χ0) is 18.6. The van der Waals surface area contributed by atoms with E-state index in [1.165, 1.54) is 0 Å². The van der Waals surface area contributed by atoms with E-state index in [1.54, 1.807) is 17.3 Å². The van der Waals surface area contributed by atoms with E-state index in [9.17, 15) is 4.79 Å². The summed E-state index contributed by atoms with van der Waals surface area (Å²) in [5.41, 5.74) is 1.53. The molecule has 1 saturated heterocycles. The lowest BCUT2D eigenvalue weighted by atomic mass is 10.0. The van der Waals surface area contributed by atoms with Crippen molar-refractivity contribution in [3.63, 3.8) is 0 Å². The lowest BCUT2D eigenvalue weighted by Gasteiger charge is -2.36. The summed E-state index contributed by atoms with van der Waals surface area (Å²) in [6.45, 7) is 3.62. The van der Waals surface area contributed by atoms with Crippen LogP contribution in [0.2, 0.25) is 0 Å². The van der Waals surface area contributed by atoms with Crippen LogP contribution in [0, 0.1) is 0 Å². The predicted octanol–water partition coefficient (Wildman–Crippen LogP) is 3.16. The summed E-state index contributed by atoms with van der Waals surface area (Å²) in [5.74, 6) is 1.88. The number of nitrogens with zero attached hydrogens (tertiary/aromatic N) is 4. The maximum atomic E-state index is 12.3. The highest BCUT2D eigenvalue weighted by Crippen LogP contribution is 2.28. The molecule has 1 N–H and O–H groups in total. The van der Waals surface area contributed by atoms with Crippen LogP contribution in [0.3, 0.4) is 0 Å². The van der Waals surface area contributed by atoms with Gasteiger partial charge in [-0.25, -0.2) is 4.79 Å². The monoisotopic (exact) mass is 365 g/mol. The molecule has 0 aliphatic carbocycles. The van der Waals surface area contributed by atoms with E-state index in [1.807, 2.05) is 43.3 Å². The Morgan fingerprint density at radius 1 is 1.30 bits per heavy atom. The van der Waals surface area contributed by atoms with Gasteiger partial charge >= 0.3 is 6.03 Å². The van der Waals surface area contributed by atoms with Gasteiger partial charge in [0.05, 0.1) is 12.5 Å². The lowest BCUT2D eigenvalue weighted by Crippen LogP contribution is -2.50. The number of hydrogen-bond acceptors (Lipinski definition) is 6. The SMILES string of the molecule is CCOc1ccc(NC(=O)N2CC(c3nc(-c4cccnc4)no3)C2)cc1. The van der Waals surface area contributed by atoms with Crippen LogP contribution >= 0.6 is 0 Å². The van der Waals surface area contributed by atoms with E-state index < -0.39 is 0 Å². The molecule has 8 heteroatoms. The Morgan fingerprint density at radius 2 is 2.11 bits per heavy atom. The second kappa shape index (κ2) is 7.45. The Bertz CT molecular complexity index is 905. The van der Waals surface area contributed by atoms with Gasteiger partial charge in [0.2, 0.25) is 11.7 Å². The van der Waals surface area contributed by atoms with Gasteiger partial charge in [-0.1, -0.05) is 5.16 Å². The molecule has 3 aromatic rings. The van der Waals surface area contributed by atoms with Crippen LogP contribution < -0.4 is 10.1 Å². The van der Waals surface area contributed by atoms with Crippen LogP contribution in [0.15, 0.2) is 53.3 Å². The molecule has 0 spiro atoms. The topological polar surface area (TPSA) is 93.4 Å². The first-order valence-electron chi connectivity index (χ1n) is 8.75. The molecule has 0 bridgehead atoms. The first-order chi connectivity index (χ1) is 13.2. The van der Waals surface area contributed by atoms with Gasteiger partial charge in [-0.05, 0) is 43.3 Å². The van der Waals surface area contributed by atoms with Gasteiger partial charge in [-0.15, -0.1) is 0 Å². The highest BCUT2D eigenvalue weighted by Gasteiger charge is 2.35. The van der Waals surface area contributed by atoms with Gasteiger partial charge in [0.15, 0.2) is 0 Å². The second-order valence-electron chi connectivity index (χ2n) is 6.19. The van der Waals surface area contributed by atoms with Gasteiger partial charge in [-0.3, -0.25) is 4.98 Å². The van der Waals surface area contributed by atoms with Gasteiger partial charge in [0.25, 0.3) is 0 Å². The molecule has 0 unspecified atom stereocenters. The number of anilines is 1. The number of rotatable bonds is 5. The molecular weight excluding hydrogens is 346 g/mol. The number of ether oxygens (including phenoxy) is 1. The standard InChI is InChI=1S/C19H19N5O3/c1-2-26-16-7-5-15(6-8-16)21-19(25)24-11-14(12-24)18-22-17(23-27-18)13-4-3-9-20-10-13/h3-10,14H,2,11-12H2,1H3,(H,21,25). The average Bonchev–Trinajstić information content (AvgIpc) is 3.13. The summed E-state index contributed by atoms with van der Waals surface area (Å²) in [6.07, 6.45) is 3.38. The van der Waals surface area contributed by atoms with Crippen molar-refractivity contribution in [2.45, 2.75) is 12.8 Å². The highest BCUT2D eigenvalue weighted by atomic mass is 16.5. The van der Waals surface area contributed by atoms with Crippen molar-refractivity contribution in [2.24, 2.45) is 0 Å². The molecule has 3 heterocycles. The van der Waals surface area contributed by atoms with E-state index >= 15 is 0 Å². The molecule has 0 radical (unpaired) electrons. The third-order valence-electron chi connectivity index (χ3n) is 4.30. The number of carbonyl (C=O) groups excluding carboxylic acids is 1. The quantitative estimate of drug-likeness (QED) is 0.746. The first-order valence-corrected chi connectivity index (χ1v) is 8.75. The van der Waals surface area contributed by atoms with Crippen molar-refractivity contribution in [3.8, 4) is 17.1 Å². The summed E-state index contributed by atoms with van der Waals surface area (Å²) in [6, 6.07) is 10.8. The predicted molar refractivity (Wildman–Crippen MR) is 98.5 cm³/mol. The van der Waals surface area contributed by atoms with Crippen LogP contribution in [-0.4, -0.2) is 45.8 Å². The molecule has 1 aliphatic rings. The van der Waals surface area contributed by atoms with Crippen LogP contribution in [0.1, 0.15) is 18.7 Å². The van der Waals surface area contributed by atoms with Crippen molar-refractivity contribution in [3.05, 3.63) is 54.7 Å².